The van der Waals surface area contributed by atoms with E-state index in [-0.39, 0.29) is 11.9 Å². The fraction of sp³-hybridized carbons (Fsp3) is 0.611. The lowest BCUT2D eigenvalue weighted by Crippen LogP contribution is -2.40. The second-order valence-corrected chi connectivity index (χ2v) is 6.00. The van der Waals surface area contributed by atoms with E-state index >= 15 is 0 Å². The molecule has 0 bridgehead atoms. The molecule has 1 rings (SSSR count). The number of aliphatic imine (C=N–C) groups is 1. The Kier molecular flexibility index (Phi) is 7.49. The first-order valence-electron chi connectivity index (χ1n) is 8.38. The third-order valence-electron chi connectivity index (χ3n) is 4.24. The Morgan fingerprint density at radius 3 is 2.48 bits per heavy atom. The minimum absolute atomic E-state index is 0.0840. The normalized spacial score (nSPS) is 13.8. The highest BCUT2D eigenvalue weighted by atomic mass is 19.1. The number of aliphatic hydroxyl groups is 1. The van der Waals surface area contributed by atoms with E-state index in [0.29, 0.717) is 30.9 Å². The molecule has 3 N–H and O–H groups in total. The van der Waals surface area contributed by atoms with Crippen LogP contribution < -0.4 is 10.6 Å². The van der Waals surface area contributed by atoms with Gasteiger partial charge in [0.2, 0.25) is 0 Å². The van der Waals surface area contributed by atoms with Crippen LogP contribution >= 0.6 is 0 Å². The monoisotopic (exact) mass is 323 g/mol. The van der Waals surface area contributed by atoms with Crippen LogP contribution in [-0.2, 0) is 0 Å². The number of hydrogen-bond donors (Lipinski definition) is 3. The maximum atomic E-state index is 13.7. The zero-order valence-corrected chi connectivity index (χ0v) is 14.9. The van der Waals surface area contributed by atoms with Crippen LogP contribution in [0.15, 0.2) is 23.2 Å². The topological polar surface area (TPSA) is 56.7 Å². The molecule has 0 amide bonds. The fourth-order valence-corrected chi connectivity index (χ4v) is 2.19. The van der Waals surface area contributed by atoms with E-state index in [2.05, 4.69) is 15.6 Å². The maximum Gasteiger partial charge on any atom is 0.191 e. The summed E-state index contributed by atoms with van der Waals surface area (Å²) in [5.74, 6) is 0.422. The predicted octanol–water partition coefficient (Wildman–Crippen LogP) is 3.30. The van der Waals surface area contributed by atoms with Crippen molar-refractivity contribution in [3.05, 3.63) is 35.1 Å². The Bertz CT molecular complexity index is 527. The Labute approximate surface area is 139 Å². The molecule has 5 heteroatoms. The molecule has 0 aliphatic heterocycles. The molecule has 130 valence electrons. The first-order chi connectivity index (χ1) is 10.8. The van der Waals surface area contributed by atoms with Crippen molar-refractivity contribution in [1.29, 1.82) is 0 Å². The van der Waals surface area contributed by atoms with Crippen LogP contribution in [0.4, 0.5) is 4.39 Å². The summed E-state index contributed by atoms with van der Waals surface area (Å²) in [6.45, 7) is 10.7. The Morgan fingerprint density at radius 1 is 1.30 bits per heavy atom. The highest BCUT2D eigenvalue weighted by molar-refractivity contribution is 5.80. The van der Waals surface area contributed by atoms with Crippen LogP contribution in [-0.4, -0.2) is 29.8 Å². The Hall–Kier alpha value is -1.62. The van der Waals surface area contributed by atoms with Crippen LogP contribution in [0.3, 0.4) is 0 Å². The SMILES string of the molecule is CCNC(=NCC(O)(CC)CC)NC(C)c1ccc(C)c(F)c1. The van der Waals surface area contributed by atoms with E-state index in [1.807, 2.05) is 33.8 Å². The van der Waals surface area contributed by atoms with Gasteiger partial charge in [-0.25, -0.2) is 4.39 Å². The van der Waals surface area contributed by atoms with Gasteiger partial charge in [0.15, 0.2) is 5.96 Å². The van der Waals surface area contributed by atoms with Gasteiger partial charge in [-0.15, -0.1) is 0 Å². The maximum absolute atomic E-state index is 13.7. The summed E-state index contributed by atoms with van der Waals surface area (Å²) in [4.78, 5) is 4.48. The molecule has 0 heterocycles. The number of rotatable bonds is 7. The van der Waals surface area contributed by atoms with Gasteiger partial charge in [0, 0.05) is 6.54 Å². The number of nitrogens with zero attached hydrogens (tertiary/aromatic N) is 1. The highest BCUT2D eigenvalue weighted by Gasteiger charge is 2.22. The van der Waals surface area contributed by atoms with Crippen LogP contribution in [0.25, 0.3) is 0 Å². The smallest absolute Gasteiger partial charge is 0.191 e. The molecular formula is C18H30FN3O. The minimum atomic E-state index is -0.776. The van der Waals surface area contributed by atoms with E-state index in [1.54, 1.807) is 19.1 Å². The van der Waals surface area contributed by atoms with Gasteiger partial charge in [-0.2, -0.15) is 0 Å². The number of nitrogens with one attached hydrogen (secondary N) is 2. The third-order valence-corrected chi connectivity index (χ3v) is 4.24. The van der Waals surface area contributed by atoms with Gasteiger partial charge in [-0.1, -0.05) is 26.0 Å². The average Bonchev–Trinajstić information content (AvgIpc) is 2.55. The van der Waals surface area contributed by atoms with Gasteiger partial charge in [-0.05, 0) is 50.8 Å². The average molecular weight is 323 g/mol. The van der Waals surface area contributed by atoms with E-state index < -0.39 is 5.60 Å². The molecule has 0 radical (unpaired) electrons. The lowest BCUT2D eigenvalue weighted by atomic mass is 9.98. The summed E-state index contributed by atoms with van der Waals surface area (Å²) in [5.41, 5.74) is 0.721. The number of halogens is 1. The zero-order valence-electron chi connectivity index (χ0n) is 14.9. The van der Waals surface area contributed by atoms with E-state index in [9.17, 15) is 9.50 Å². The molecule has 4 nitrogen and oxygen atoms in total. The molecule has 23 heavy (non-hydrogen) atoms. The lowest BCUT2D eigenvalue weighted by molar-refractivity contribution is 0.0418. The van der Waals surface area contributed by atoms with Crippen molar-refractivity contribution in [2.24, 2.45) is 4.99 Å². The summed E-state index contributed by atoms with van der Waals surface area (Å²) >= 11 is 0. The highest BCUT2D eigenvalue weighted by Crippen LogP contribution is 2.17. The van der Waals surface area contributed by atoms with Gasteiger partial charge in [-0.3, -0.25) is 4.99 Å². The summed E-state index contributed by atoms with van der Waals surface area (Å²) in [5, 5.41) is 16.8. The predicted molar refractivity (Wildman–Crippen MR) is 94.2 cm³/mol. The van der Waals surface area contributed by atoms with Crippen molar-refractivity contribution in [3.8, 4) is 0 Å². The summed E-state index contributed by atoms with van der Waals surface area (Å²) in [6, 6.07) is 5.15. The summed E-state index contributed by atoms with van der Waals surface area (Å²) < 4.78 is 13.7. The van der Waals surface area contributed by atoms with E-state index in [4.69, 9.17) is 0 Å². The second kappa shape index (κ2) is 8.87. The number of benzene rings is 1. The van der Waals surface area contributed by atoms with Crippen molar-refractivity contribution in [3.63, 3.8) is 0 Å². The molecule has 0 saturated heterocycles. The molecule has 0 saturated carbocycles. The van der Waals surface area contributed by atoms with Crippen LogP contribution in [0.2, 0.25) is 0 Å². The molecule has 0 aliphatic rings. The van der Waals surface area contributed by atoms with Crippen molar-refractivity contribution in [2.75, 3.05) is 13.1 Å². The molecule has 0 aromatic heterocycles. The summed E-state index contributed by atoms with van der Waals surface area (Å²) in [6.07, 6.45) is 1.32. The van der Waals surface area contributed by atoms with Crippen molar-refractivity contribution < 1.29 is 9.50 Å². The van der Waals surface area contributed by atoms with Crippen molar-refractivity contribution >= 4 is 5.96 Å². The lowest BCUT2D eigenvalue weighted by Gasteiger charge is -2.24. The van der Waals surface area contributed by atoms with Gasteiger partial charge in [0.05, 0.1) is 18.2 Å². The van der Waals surface area contributed by atoms with Crippen molar-refractivity contribution in [1.82, 2.24) is 10.6 Å². The molecule has 1 unspecified atom stereocenters. The Morgan fingerprint density at radius 2 is 1.96 bits per heavy atom. The van der Waals surface area contributed by atoms with E-state index in [0.717, 1.165) is 12.1 Å². The molecule has 1 aromatic carbocycles. The third kappa shape index (κ3) is 5.82. The molecule has 0 aliphatic carbocycles. The molecule has 0 fully saturated rings. The first-order valence-corrected chi connectivity index (χ1v) is 8.38. The first kappa shape index (κ1) is 19.4. The van der Waals surface area contributed by atoms with Crippen molar-refractivity contribution in [2.45, 2.75) is 59.1 Å². The minimum Gasteiger partial charge on any atom is -0.388 e. The van der Waals surface area contributed by atoms with Gasteiger partial charge in [0.25, 0.3) is 0 Å². The molecule has 1 aromatic rings. The zero-order chi connectivity index (χ0) is 17.5. The summed E-state index contributed by atoms with van der Waals surface area (Å²) in [7, 11) is 0. The number of hydrogen-bond acceptors (Lipinski definition) is 2. The van der Waals surface area contributed by atoms with Gasteiger partial charge >= 0.3 is 0 Å². The largest absolute Gasteiger partial charge is 0.388 e. The Balaban J connectivity index is 2.83. The quantitative estimate of drug-likeness (QED) is 0.533. The molecular weight excluding hydrogens is 293 g/mol. The standard InChI is InChI=1S/C18H30FN3O/c1-6-18(23,7-2)12-21-17(20-8-3)22-14(5)15-10-9-13(4)16(19)11-15/h9-11,14,23H,6-8,12H2,1-5H3,(H2,20,21,22). The van der Waals surface area contributed by atoms with Crippen LogP contribution in [0.1, 0.15) is 57.7 Å². The molecule has 1 atom stereocenters. The number of aryl methyl sites for hydroxylation is 1. The van der Waals surface area contributed by atoms with Crippen LogP contribution in [0, 0.1) is 12.7 Å². The van der Waals surface area contributed by atoms with Gasteiger partial charge < -0.3 is 15.7 Å². The van der Waals surface area contributed by atoms with Gasteiger partial charge in [0.1, 0.15) is 5.82 Å². The van der Waals surface area contributed by atoms with Crippen LogP contribution in [0.5, 0.6) is 0 Å². The molecule has 0 spiro atoms. The number of guanidine groups is 1. The fourth-order valence-electron chi connectivity index (χ4n) is 2.19. The van der Waals surface area contributed by atoms with E-state index in [1.165, 1.54) is 0 Å². The second-order valence-electron chi connectivity index (χ2n) is 6.00.